The number of hydrogen-bond donors (Lipinski definition) is 3. The number of carbonyl (C=O) groups is 1. The fourth-order valence-corrected chi connectivity index (χ4v) is 2.56. The fourth-order valence-electron chi connectivity index (χ4n) is 2.56. The van der Waals surface area contributed by atoms with Gasteiger partial charge in [0.05, 0.1) is 11.6 Å². The molecule has 1 saturated carbocycles. The molecular formula is C14H28N2O2. The van der Waals surface area contributed by atoms with E-state index in [9.17, 15) is 9.90 Å². The molecule has 4 heteroatoms. The smallest absolute Gasteiger partial charge is 0.237 e. The van der Waals surface area contributed by atoms with Crippen molar-refractivity contribution in [3.63, 3.8) is 0 Å². The van der Waals surface area contributed by atoms with Crippen LogP contribution in [0.25, 0.3) is 0 Å². The molecule has 4 nitrogen and oxygen atoms in total. The molecule has 0 radical (unpaired) electrons. The largest absolute Gasteiger partial charge is 0.388 e. The third kappa shape index (κ3) is 5.36. The first-order chi connectivity index (χ1) is 8.43. The van der Waals surface area contributed by atoms with Gasteiger partial charge in [0.2, 0.25) is 5.91 Å². The molecule has 0 saturated heterocycles. The normalized spacial score (nSPS) is 21.4. The standard InChI is InChI=1S/C14H28N2O2/c1-11(2)9-12(15)13(17)16-10-14(18)7-5-3-4-6-8-14/h11-12,18H,3-10,15H2,1-2H3,(H,16,17)/t12-/m0/s1. The van der Waals surface area contributed by atoms with Gasteiger partial charge >= 0.3 is 0 Å². The maximum atomic E-state index is 11.8. The van der Waals surface area contributed by atoms with Crippen LogP contribution in [0.15, 0.2) is 0 Å². The highest BCUT2D eigenvalue weighted by Crippen LogP contribution is 2.26. The Balaban J connectivity index is 2.36. The summed E-state index contributed by atoms with van der Waals surface area (Å²) in [5.41, 5.74) is 5.10. The van der Waals surface area contributed by atoms with E-state index >= 15 is 0 Å². The summed E-state index contributed by atoms with van der Waals surface area (Å²) in [5, 5.41) is 13.2. The van der Waals surface area contributed by atoms with Crippen molar-refractivity contribution in [3.8, 4) is 0 Å². The van der Waals surface area contributed by atoms with E-state index in [1.54, 1.807) is 0 Å². The summed E-state index contributed by atoms with van der Waals surface area (Å²) in [7, 11) is 0. The Morgan fingerprint density at radius 1 is 1.28 bits per heavy atom. The molecule has 1 aliphatic rings. The van der Waals surface area contributed by atoms with Gasteiger partial charge in [-0.15, -0.1) is 0 Å². The summed E-state index contributed by atoms with van der Waals surface area (Å²) in [6.07, 6.45) is 6.71. The number of hydrogen-bond acceptors (Lipinski definition) is 3. The topological polar surface area (TPSA) is 75.4 Å². The van der Waals surface area contributed by atoms with Crippen LogP contribution in [0.3, 0.4) is 0 Å². The molecule has 1 amide bonds. The molecule has 0 aliphatic heterocycles. The van der Waals surface area contributed by atoms with Crippen molar-refractivity contribution < 1.29 is 9.90 Å². The highest BCUT2D eigenvalue weighted by atomic mass is 16.3. The number of rotatable bonds is 5. The summed E-state index contributed by atoms with van der Waals surface area (Å²) < 4.78 is 0. The van der Waals surface area contributed by atoms with E-state index in [2.05, 4.69) is 5.32 Å². The molecule has 0 bridgehead atoms. The van der Waals surface area contributed by atoms with E-state index in [0.717, 1.165) is 25.7 Å². The van der Waals surface area contributed by atoms with Crippen molar-refractivity contribution in [1.29, 1.82) is 0 Å². The van der Waals surface area contributed by atoms with Crippen LogP contribution < -0.4 is 11.1 Å². The monoisotopic (exact) mass is 256 g/mol. The number of aliphatic hydroxyl groups is 1. The SMILES string of the molecule is CC(C)C[C@H](N)C(=O)NCC1(O)CCCCCC1. The zero-order chi connectivity index (χ0) is 13.6. The Morgan fingerprint density at radius 2 is 1.83 bits per heavy atom. The predicted molar refractivity (Wildman–Crippen MR) is 73.1 cm³/mol. The Labute approximate surface area is 110 Å². The third-order valence-corrected chi connectivity index (χ3v) is 3.69. The van der Waals surface area contributed by atoms with Gasteiger partial charge in [-0.1, -0.05) is 39.5 Å². The number of nitrogens with two attached hydrogens (primary N) is 1. The second kappa shape index (κ2) is 7.10. The van der Waals surface area contributed by atoms with E-state index in [1.165, 1.54) is 12.8 Å². The molecule has 0 aromatic rings. The lowest BCUT2D eigenvalue weighted by Gasteiger charge is -2.27. The molecule has 0 aromatic heterocycles. The van der Waals surface area contributed by atoms with Crippen LogP contribution in [0.1, 0.15) is 58.8 Å². The zero-order valence-electron chi connectivity index (χ0n) is 11.7. The lowest BCUT2D eigenvalue weighted by atomic mass is 9.94. The van der Waals surface area contributed by atoms with Gasteiger partial charge in [0.25, 0.3) is 0 Å². The van der Waals surface area contributed by atoms with Crippen LogP contribution in [0.5, 0.6) is 0 Å². The highest BCUT2D eigenvalue weighted by Gasteiger charge is 2.29. The van der Waals surface area contributed by atoms with E-state index in [1.807, 2.05) is 13.8 Å². The van der Waals surface area contributed by atoms with E-state index in [4.69, 9.17) is 5.73 Å². The van der Waals surface area contributed by atoms with Crippen LogP contribution in [0.4, 0.5) is 0 Å². The maximum Gasteiger partial charge on any atom is 0.237 e. The average Bonchev–Trinajstić information content (AvgIpc) is 2.51. The van der Waals surface area contributed by atoms with Gasteiger partial charge in [0.15, 0.2) is 0 Å². The lowest BCUT2D eigenvalue weighted by molar-refractivity contribution is -0.124. The van der Waals surface area contributed by atoms with Crippen LogP contribution in [-0.2, 0) is 4.79 Å². The fraction of sp³-hybridized carbons (Fsp3) is 0.929. The van der Waals surface area contributed by atoms with Crippen molar-refractivity contribution in [3.05, 3.63) is 0 Å². The first-order valence-corrected chi connectivity index (χ1v) is 7.19. The summed E-state index contributed by atoms with van der Waals surface area (Å²) >= 11 is 0. The minimum absolute atomic E-state index is 0.138. The quantitative estimate of drug-likeness (QED) is 0.653. The van der Waals surface area contributed by atoms with Gasteiger partial charge in [-0.25, -0.2) is 0 Å². The van der Waals surface area contributed by atoms with Gasteiger partial charge in [-0.05, 0) is 25.2 Å². The maximum absolute atomic E-state index is 11.8. The van der Waals surface area contributed by atoms with Crippen molar-refractivity contribution in [2.45, 2.75) is 70.4 Å². The second-order valence-electron chi connectivity index (χ2n) is 6.09. The summed E-state index contributed by atoms with van der Waals surface area (Å²) in [5.74, 6) is 0.271. The van der Waals surface area contributed by atoms with Crippen molar-refractivity contribution in [1.82, 2.24) is 5.32 Å². The Bertz CT molecular complexity index is 259. The van der Waals surface area contributed by atoms with Crippen LogP contribution >= 0.6 is 0 Å². The molecule has 4 N–H and O–H groups in total. The minimum Gasteiger partial charge on any atom is -0.388 e. The van der Waals surface area contributed by atoms with E-state index in [-0.39, 0.29) is 5.91 Å². The molecule has 1 aliphatic carbocycles. The Kier molecular flexibility index (Phi) is 6.09. The predicted octanol–water partition coefficient (Wildman–Crippen LogP) is 1.56. The Hall–Kier alpha value is -0.610. The molecule has 106 valence electrons. The van der Waals surface area contributed by atoms with Gasteiger partial charge in [0, 0.05) is 6.54 Å². The molecule has 1 fully saturated rings. The Morgan fingerprint density at radius 3 is 2.33 bits per heavy atom. The third-order valence-electron chi connectivity index (χ3n) is 3.69. The minimum atomic E-state index is -0.719. The van der Waals surface area contributed by atoms with E-state index < -0.39 is 11.6 Å². The number of carbonyl (C=O) groups excluding carboxylic acids is 1. The average molecular weight is 256 g/mol. The molecule has 0 unspecified atom stereocenters. The molecule has 0 aromatic carbocycles. The van der Waals surface area contributed by atoms with Crippen molar-refractivity contribution in [2.75, 3.05) is 6.54 Å². The first kappa shape index (κ1) is 15.4. The van der Waals surface area contributed by atoms with Gasteiger partial charge in [-0.3, -0.25) is 4.79 Å². The second-order valence-corrected chi connectivity index (χ2v) is 6.09. The number of amides is 1. The molecular weight excluding hydrogens is 228 g/mol. The van der Waals surface area contributed by atoms with Crippen molar-refractivity contribution in [2.24, 2.45) is 11.7 Å². The van der Waals surface area contributed by atoms with Gasteiger partial charge < -0.3 is 16.2 Å². The van der Waals surface area contributed by atoms with Crippen molar-refractivity contribution >= 4 is 5.91 Å². The molecule has 0 heterocycles. The van der Waals surface area contributed by atoms with E-state index in [0.29, 0.717) is 18.9 Å². The van der Waals surface area contributed by atoms with Gasteiger partial charge in [0.1, 0.15) is 0 Å². The van der Waals surface area contributed by atoms with Crippen LogP contribution in [0, 0.1) is 5.92 Å². The summed E-state index contributed by atoms with van der Waals surface area (Å²) in [6, 6.07) is -0.459. The molecule has 18 heavy (non-hydrogen) atoms. The number of nitrogens with one attached hydrogen (secondary N) is 1. The lowest BCUT2D eigenvalue weighted by Crippen LogP contribution is -2.48. The van der Waals surface area contributed by atoms with Crippen LogP contribution in [0.2, 0.25) is 0 Å². The van der Waals surface area contributed by atoms with Crippen LogP contribution in [-0.4, -0.2) is 29.2 Å². The summed E-state index contributed by atoms with van der Waals surface area (Å²) in [6.45, 7) is 4.44. The summed E-state index contributed by atoms with van der Waals surface area (Å²) in [4.78, 5) is 11.8. The molecule has 0 spiro atoms. The van der Waals surface area contributed by atoms with Gasteiger partial charge in [-0.2, -0.15) is 0 Å². The first-order valence-electron chi connectivity index (χ1n) is 7.19. The molecule has 1 rings (SSSR count). The highest BCUT2D eigenvalue weighted by molar-refractivity contribution is 5.81. The molecule has 1 atom stereocenters. The zero-order valence-corrected chi connectivity index (χ0v) is 11.7.